The number of halogens is 1. The second kappa shape index (κ2) is 7.89. The Bertz CT molecular complexity index is 747. The highest BCUT2D eigenvalue weighted by molar-refractivity contribution is 14.0. The lowest BCUT2D eigenvalue weighted by Crippen LogP contribution is -2.40. The van der Waals surface area contributed by atoms with Crippen LogP contribution in [0.1, 0.15) is 37.7 Å². The summed E-state index contributed by atoms with van der Waals surface area (Å²) in [4.78, 5) is 11.5. The van der Waals surface area contributed by atoms with Gasteiger partial charge in [-0.25, -0.2) is 0 Å². The Morgan fingerprint density at radius 3 is 2.80 bits per heavy atom. The van der Waals surface area contributed by atoms with Crippen LogP contribution in [-0.2, 0) is 6.54 Å². The molecule has 25 heavy (non-hydrogen) atoms. The molecule has 0 radical (unpaired) electrons. The quantitative estimate of drug-likeness (QED) is 0.424. The number of nitrogens with one attached hydrogen (secondary N) is 1. The Balaban J connectivity index is 0.00000182. The molecule has 0 unspecified atom stereocenters. The molecule has 4 nitrogen and oxygen atoms in total. The van der Waals surface area contributed by atoms with Gasteiger partial charge in [0.15, 0.2) is 5.96 Å². The summed E-state index contributed by atoms with van der Waals surface area (Å²) in [6, 6.07) is 10.5. The van der Waals surface area contributed by atoms with Crippen LogP contribution in [0, 0.1) is 5.41 Å². The van der Waals surface area contributed by atoms with Crippen LogP contribution in [0.25, 0.3) is 10.9 Å². The molecule has 134 valence electrons. The predicted molar refractivity (Wildman–Crippen MR) is 114 cm³/mol. The van der Waals surface area contributed by atoms with Gasteiger partial charge in [-0.2, -0.15) is 0 Å². The predicted octanol–water partition coefficient (Wildman–Crippen LogP) is 4.19. The van der Waals surface area contributed by atoms with Crippen LogP contribution < -0.4 is 5.32 Å². The first-order chi connectivity index (χ1) is 11.8. The van der Waals surface area contributed by atoms with Crippen molar-refractivity contribution < 1.29 is 0 Å². The van der Waals surface area contributed by atoms with Gasteiger partial charge < -0.3 is 10.2 Å². The summed E-state index contributed by atoms with van der Waals surface area (Å²) in [6.45, 7) is 3.07. The molecule has 4 rings (SSSR count). The van der Waals surface area contributed by atoms with Gasteiger partial charge in [0.1, 0.15) is 0 Å². The van der Waals surface area contributed by atoms with E-state index in [0.29, 0.717) is 5.41 Å². The highest BCUT2D eigenvalue weighted by Gasteiger charge is 2.41. The molecule has 2 aromatic rings. The third-order valence-corrected chi connectivity index (χ3v) is 5.77. The van der Waals surface area contributed by atoms with Crippen LogP contribution in [0.4, 0.5) is 0 Å². The number of hydrogen-bond acceptors (Lipinski definition) is 2. The molecule has 2 aliphatic rings. The van der Waals surface area contributed by atoms with Crippen LogP contribution in [0.3, 0.4) is 0 Å². The number of rotatable bonds is 2. The molecule has 1 aromatic carbocycles. The van der Waals surface area contributed by atoms with Crippen molar-refractivity contribution in [3.63, 3.8) is 0 Å². The molecule has 2 fully saturated rings. The number of guanidine groups is 1. The van der Waals surface area contributed by atoms with Crippen LogP contribution in [0.5, 0.6) is 0 Å². The second-order valence-electron chi connectivity index (χ2n) is 7.27. The summed E-state index contributed by atoms with van der Waals surface area (Å²) in [5, 5.41) is 4.75. The molecular formula is C20H27IN4. The number of aromatic nitrogens is 1. The lowest BCUT2D eigenvalue weighted by molar-refractivity contribution is 0.309. The number of benzene rings is 1. The van der Waals surface area contributed by atoms with E-state index in [2.05, 4.69) is 44.5 Å². The van der Waals surface area contributed by atoms with Gasteiger partial charge in [0, 0.05) is 38.3 Å². The average Bonchev–Trinajstić information content (AvgIpc) is 3.26. The Hall–Kier alpha value is -1.37. The minimum Gasteiger partial charge on any atom is -0.352 e. The first-order valence-corrected chi connectivity index (χ1v) is 9.08. The van der Waals surface area contributed by atoms with E-state index in [1.807, 2.05) is 19.3 Å². The topological polar surface area (TPSA) is 40.5 Å². The van der Waals surface area contributed by atoms with Gasteiger partial charge in [0.05, 0.1) is 5.52 Å². The van der Waals surface area contributed by atoms with Crippen molar-refractivity contribution in [2.75, 3.05) is 20.1 Å². The van der Waals surface area contributed by atoms with Gasteiger partial charge in [0.2, 0.25) is 0 Å². The fraction of sp³-hybridized carbons (Fsp3) is 0.500. The normalized spacial score (nSPS) is 19.4. The molecule has 1 saturated heterocycles. The zero-order valence-electron chi connectivity index (χ0n) is 14.9. The second-order valence-corrected chi connectivity index (χ2v) is 7.27. The molecule has 0 bridgehead atoms. The molecule has 2 heterocycles. The van der Waals surface area contributed by atoms with E-state index in [1.165, 1.54) is 49.6 Å². The third-order valence-electron chi connectivity index (χ3n) is 5.77. The van der Waals surface area contributed by atoms with E-state index >= 15 is 0 Å². The van der Waals surface area contributed by atoms with Crippen molar-refractivity contribution >= 4 is 40.8 Å². The average molecular weight is 450 g/mol. The number of para-hydroxylation sites is 1. The van der Waals surface area contributed by atoms with Crippen molar-refractivity contribution in [2.24, 2.45) is 10.4 Å². The first-order valence-electron chi connectivity index (χ1n) is 9.08. The summed E-state index contributed by atoms with van der Waals surface area (Å²) < 4.78 is 0. The van der Waals surface area contributed by atoms with Gasteiger partial charge in [-0.05, 0) is 36.3 Å². The van der Waals surface area contributed by atoms with Gasteiger partial charge >= 0.3 is 0 Å². The van der Waals surface area contributed by atoms with E-state index < -0.39 is 0 Å². The summed E-state index contributed by atoms with van der Waals surface area (Å²) >= 11 is 0. The lowest BCUT2D eigenvalue weighted by atomic mass is 9.86. The molecule has 1 N–H and O–H groups in total. The number of fused-ring (bicyclic) bond motifs is 1. The summed E-state index contributed by atoms with van der Waals surface area (Å²) in [5.74, 6) is 1.03. The fourth-order valence-corrected chi connectivity index (χ4v) is 4.47. The highest BCUT2D eigenvalue weighted by atomic mass is 127. The zero-order chi connectivity index (χ0) is 16.4. The number of pyridine rings is 1. The van der Waals surface area contributed by atoms with E-state index in [4.69, 9.17) is 0 Å². The van der Waals surface area contributed by atoms with Crippen molar-refractivity contribution in [3.8, 4) is 0 Å². The summed E-state index contributed by atoms with van der Waals surface area (Å²) in [6.07, 6.45) is 8.79. The van der Waals surface area contributed by atoms with Crippen LogP contribution in [0.2, 0.25) is 0 Å². The molecule has 1 aromatic heterocycles. The Labute approximate surface area is 167 Å². The summed E-state index contributed by atoms with van der Waals surface area (Å²) in [5.41, 5.74) is 2.87. The van der Waals surface area contributed by atoms with Crippen LogP contribution >= 0.6 is 24.0 Å². The highest BCUT2D eigenvalue weighted by Crippen LogP contribution is 2.45. The SMILES string of the molecule is CN=C(NCc1cccc2cccnc12)N1CCC2(CCCC2)C1.I. The Kier molecular flexibility index (Phi) is 5.81. The molecule has 1 aliphatic carbocycles. The third kappa shape index (κ3) is 3.76. The minimum atomic E-state index is 0. The lowest BCUT2D eigenvalue weighted by Gasteiger charge is -2.26. The van der Waals surface area contributed by atoms with Gasteiger partial charge in [-0.1, -0.05) is 37.1 Å². The number of hydrogen-bond donors (Lipinski definition) is 1. The van der Waals surface area contributed by atoms with Crippen LogP contribution in [0.15, 0.2) is 41.5 Å². The molecule has 0 amide bonds. The maximum atomic E-state index is 4.55. The molecule has 1 aliphatic heterocycles. The monoisotopic (exact) mass is 450 g/mol. The van der Waals surface area contributed by atoms with Gasteiger partial charge in [0.25, 0.3) is 0 Å². The molecule has 5 heteroatoms. The van der Waals surface area contributed by atoms with E-state index in [1.54, 1.807) is 0 Å². The van der Waals surface area contributed by atoms with Crippen molar-refractivity contribution in [1.82, 2.24) is 15.2 Å². The Morgan fingerprint density at radius 2 is 2.00 bits per heavy atom. The maximum Gasteiger partial charge on any atom is 0.193 e. The molecular weight excluding hydrogens is 423 g/mol. The molecule has 1 spiro atoms. The minimum absolute atomic E-state index is 0. The van der Waals surface area contributed by atoms with E-state index in [9.17, 15) is 0 Å². The smallest absolute Gasteiger partial charge is 0.193 e. The zero-order valence-corrected chi connectivity index (χ0v) is 17.2. The number of aliphatic imine (C=N–C) groups is 1. The molecule has 1 saturated carbocycles. The van der Waals surface area contributed by atoms with Crippen molar-refractivity contribution in [2.45, 2.75) is 38.6 Å². The van der Waals surface area contributed by atoms with Gasteiger partial charge in [-0.15, -0.1) is 24.0 Å². The van der Waals surface area contributed by atoms with Crippen molar-refractivity contribution in [1.29, 1.82) is 0 Å². The van der Waals surface area contributed by atoms with Crippen molar-refractivity contribution in [3.05, 3.63) is 42.1 Å². The summed E-state index contributed by atoms with van der Waals surface area (Å²) in [7, 11) is 1.89. The number of likely N-dealkylation sites (tertiary alicyclic amines) is 1. The van der Waals surface area contributed by atoms with Gasteiger partial charge in [-0.3, -0.25) is 9.98 Å². The number of nitrogens with zero attached hydrogens (tertiary/aromatic N) is 3. The molecule has 0 atom stereocenters. The fourth-order valence-electron chi connectivity index (χ4n) is 4.47. The largest absolute Gasteiger partial charge is 0.352 e. The Morgan fingerprint density at radius 1 is 1.20 bits per heavy atom. The first kappa shape index (κ1) is 18.4. The maximum absolute atomic E-state index is 4.55. The van der Waals surface area contributed by atoms with Crippen LogP contribution in [-0.4, -0.2) is 36.0 Å². The van der Waals surface area contributed by atoms with E-state index in [0.717, 1.165) is 24.6 Å². The van der Waals surface area contributed by atoms with E-state index in [-0.39, 0.29) is 24.0 Å². The standard InChI is InChI=1S/C20H26N4.HI/c1-21-19(24-13-11-20(15-24)9-2-3-10-20)23-14-17-7-4-6-16-8-5-12-22-18(16)17;/h4-8,12H,2-3,9-11,13-15H2,1H3,(H,21,23);1H.